The van der Waals surface area contributed by atoms with Crippen LogP contribution in [0, 0.1) is 5.92 Å². The Kier molecular flexibility index (Phi) is 5.22. The molecule has 1 N–H and O–H groups in total. The summed E-state index contributed by atoms with van der Waals surface area (Å²) in [7, 11) is 0. The SMILES string of the molecule is OC[C@@H]1CO[C@@](C[Se]c2ccccc2)(c2ccc(Cl)cc2)C1. The summed E-state index contributed by atoms with van der Waals surface area (Å²) in [5.41, 5.74) is 0.888. The molecule has 0 aromatic heterocycles. The molecule has 1 saturated heterocycles. The van der Waals surface area contributed by atoms with Gasteiger partial charge in [0.15, 0.2) is 0 Å². The van der Waals surface area contributed by atoms with Gasteiger partial charge in [-0.05, 0) is 0 Å². The van der Waals surface area contributed by atoms with Gasteiger partial charge in [0.25, 0.3) is 0 Å². The molecule has 22 heavy (non-hydrogen) atoms. The van der Waals surface area contributed by atoms with E-state index in [0.29, 0.717) is 21.6 Å². The van der Waals surface area contributed by atoms with Gasteiger partial charge in [-0.2, -0.15) is 0 Å². The summed E-state index contributed by atoms with van der Waals surface area (Å²) in [5.74, 6) is 0.224. The van der Waals surface area contributed by atoms with Crippen LogP contribution in [0.2, 0.25) is 10.3 Å². The first-order chi connectivity index (χ1) is 10.7. The van der Waals surface area contributed by atoms with E-state index in [0.717, 1.165) is 16.8 Å². The monoisotopic (exact) mass is 382 g/mol. The fourth-order valence-corrected chi connectivity index (χ4v) is 5.30. The number of aliphatic hydroxyl groups excluding tert-OH is 1. The minimum atomic E-state index is -0.284. The summed E-state index contributed by atoms with van der Waals surface area (Å²) in [4.78, 5) is 0. The van der Waals surface area contributed by atoms with Crippen LogP contribution in [0.5, 0.6) is 0 Å². The molecule has 0 amide bonds. The van der Waals surface area contributed by atoms with E-state index in [2.05, 4.69) is 36.4 Å². The molecule has 4 heteroatoms. The minimum absolute atomic E-state index is 0.188. The van der Waals surface area contributed by atoms with Crippen LogP contribution < -0.4 is 4.46 Å². The number of benzene rings is 2. The number of hydrogen-bond donors (Lipinski definition) is 1. The van der Waals surface area contributed by atoms with Crippen molar-refractivity contribution in [1.29, 1.82) is 0 Å². The molecule has 0 spiro atoms. The Morgan fingerprint density at radius 1 is 1.14 bits per heavy atom. The van der Waals surface area contributed by atoms with Crippen molar-refractivity contribution in [3.05, 3.63) is 65.2 Å². The van der Waals surface area contributed by atoms with Crippen LogP contribution in [0.3, 0.4) is 0 Å². The van der Waals surface area contributed by atoms with Crippen molar-refractivity contribution in [3.63, 3.8) is 0 Å². The van der Waals surface area contributed by atoms with Gasteiger partial charge in [-0.15, -0.1) is 0 Å². The zero-order valence-corrected chi connectivity index (χ0v) is 14.7. The maximum atomic E-state index is 9.48. The van der Waals surface area contributed by atoms with Gasteiger partial charge in [-0.25, -0.2) is 0 Å². The Hall–Kier alpha value is -0.831. The van der Waals surface area contributed by atoms with Gasteiger partial charge in [-0.1, -0.05) is 0 Å². The van der Waals surface area contributed by atoms with Crippen LogP contribution >= 0.6 is 11.6 Å². The van der Waals surface area contributed by atoms with Crippen molar-refractivity contribution >= 4 is 31.0 Å². The third-order valence-corrected chi connectivity index (χ3v) is 6.86. The van der Waals surface area contributed by atoms with Crippen LogP contribution in [0.25, 0.3) is 0 Å². The molecule has 2 aromatic carbocycles. The molecule has 2 aromatic rings. The molecule has 1 heterocycles. The normalized spacial score (nSPS) is 24.5. The molecule has 1 fully saturated rings. The van der Waals surface area contributed by atoms with E-state index in [1.54, 1.807) is 0 Å². The molecular formula is C18H19ClO2Se. The zero-order chi connectivity index (χ0) is 15.4. The summed E-state index contributed by atoms with van der Waals surface area (Å²) in [5, 5.41) is 11.2. The van der Waals surface area contributed by atoms with Crippen LogP contribution in [0.1, 0.15) is 12.0 Å². The van der Waals surface area contributed by atoms with Crippen molar-refractivity contribution in [2.75, 3.05) is 13.2 Å². The second kappa shape index (κ2) is 7.16. The Bertz CT molecular complexity index is 602. The molecule has 116 valence electrons. The molecule has 2 atom stereocenters. The van der Waals surface area contributed by atoms with E-state index in [4.69, 9.17) is 16.3 Å². The number of aliphatic hydroxyl groups is 1. The second-order valence-electron chi connectivity index (χ2n) is 5.67. The summed E-state index contributed by atoms with van der Waals surface area (Å²) in [6.45, 7) is 0.817. The fraction of sp³-hybridized carbons (Fsp3) is 0.333. The molecule has 1 aliphatic rings. The molecule has 3 rings (SSSR count). The molecule has 0 saturated carbocycles. The standard InChI is InChI=1S/C18H19ClO2Se/c19-16-8-6-15(7-9-16)18(10-14(11-20)12-21-18)13-22-17-4-2-1-3-5-17/h1-9,14,20H,10-13H2/t14-,18+/m1/s1. The van der Waals surface area contributed by atoms with Crippen molar-refractivity contribution in [2.24, 2.45) is 5.92 Å². The fourth-order valence-electron chi connectivity index (χ4n) is 2.83. The summed E-state index contributed by atoms with van der Waals surface area (Å²) in [6, 6.07) is 18.5. The van der Waals surface area contributed by atoms with E-state index in [9.17, 15) is 5.11 Å². The van der Waals surface area contributed by atoms with Crippen LogP contribution in [0.4, 0.5) is 0 Å². The average Bonchev–Trinajstić information content (AvgIpc) is 2.99. The van der Waals surface area contributed by atoms with Gasteiger partial charge < -0.3 is 0 Å². The van der Waals surface area contributed by atoms with E-state index >= 15 is 0 Å². The van der Waals surface area contributed by atoms with E-state index in [1.807, 2.05) is 18.2 Å². The second-order valence-corrected chi connectivity index (χ2v) is 8.30. The quantitative estimate of drug-likeness (QED) is 0.807. The molecule has 0 unspecified atom stereocenters. The number of rotatable bonds is 5. The van der Waals surface area contributed by atoms with Gasteiger partial charge in [0.05, 0.1) is 0 Å². The number of hydrogen-bond acceptors (Lipinski definition) is 2. The maximum absolute atomic E-state index is 9.48. The summed E-state index contributed by atoms with van der Waals surface area (Å²) >= 11 is 6.35. The predicted molar refractivity (Wildman–Crippen MR) is 90.9 cm³/mol. The van der Waals surface area contributed by atoms with Crippen LogP contribution in [-0.2, 0) is 10.3 Å². The third-order valence-electron chi connectivity index (χ3n) is 4.06. The number of ether oxygens (including phenoxy) is 1. The average molecular weight is 382 g/mol. The molecule has 0 bridgehead atoms. The van der Waals surface area contributed by atoms with Crippen LogP contribution in [0.15, 0.2) is 54.6 Å². The van der Waals surface area contributed by atoms with Gasteiger partial charge in [0, 0.05) is 0 Å². The molecular weight excluding hydrogens is 363 g/mol. The topological polar surface area (TPSA) is 29.5 Å². The Morgan fingerprint density at radius 2 is 1.86 bits per heavy atom. The van der Waals surface area contributed by atoms with Gasteiger partial charge in [0.1, 0.15) is 0 Å². The van der Waals surface area contributed by atoms with Crippen molar-refractivity contribution < 1.29 is 9.84 Å². The first-order valence-electron chi connectivity index (χ1n) is 7.40. The van der Waals surface area contributed by atoms with Crippen molar-refractivity contribution in [3.8, 4) is 0 Å². The Labute approximate surface area is 142 Å². The van der Waals surface area contributed by atoms with Gasteiger partial charge in [-0.3, -0.25) is 0 Å². The third kappa shape index (κ3) is 3.56. The molecule has 0 radical (unpaired) electrons. The van der Waals surface area contributed by atoms with E-state index in [1.165, 1.54) is 10.0 Å². The molecule has 0 aliphatic carbocycles. The Morgan fingerprint density at radius 3 is 2.50 bits per heavy atom. The van der Waals surface area contributed by atoms with Crippen molar-refractivity contribution in [1.82, 2.24) is 0 Å². The summed E-state index contributed by atoms with van der Waals surface area (Å²) < 4.78 is 7.58. The van der Waals surface area contributed by atoms with E-state index < -0.39 is 0 Å². The Balaban J connectivity index is 1.82. The number of halogens is 1. The summed E-state index contributed by atoms with van der Waals surface area (Å²) in [6.07, 6.45) is 0.875. The van der Waals surface area contributed by atoms with Gasteiger partial charge in [0.2, 0.25) is 0 Å². The molecule has 2 nitrogen and oxygen atoms in total. The zero-order valence-electron chi connectivity index (χ0n) is 12.2. The van der Waals surface area contributed by atoms with Crippen LogP contribution in [-0.4, -0.2) is 33.3 Å². The first kappa shape index (κ1) is 16.0. The first-order valence-corrected chi connectivity index (χ1v) is 9.85. The van der Waals surface area contributed by atoms with Gasteiger partial charge >= 0.3 is 143 Å². The molecule has 1 aliphatic heterocycles. The predicted octanol–water partition coefficient (Wildman–Crippen LogP) is 3.01. The van der Waals surface area contributed by atoms with E-state index in [-0.39, 0.29) is 18.1 Å². The van der Waals surface area contributed by atoms with Crippen molar-refractivity contribution in [2.45, 2.75) is 17.3 Å².